The molecule has 3 rings (SSSR count). The molecule has 0 atom stereocenters. The Morgan fingerprint density at radius 2 is 1.96 bits per heavy atom. The topological polar surface area (TPSA) is 84.2 Å². The van der Waals surface area contributed by atoms with Gasteiger partial charge in [0.25, 0.3) is 5.91 Å². The van der Waals surface area contributed by atoms with Crippen LogP contribution in [-0.4, -0.2) is 23.3 Å². The van der Waals surface area contributed by atoms with Crippen molar-refractivity contribution in [3.63, 3.8) is 0 Å². The molecule has 0 bridgehead atoms. The molecule has 1 heterocycles. The third-order valence-corrected chi connectivity index (χ3v) is 3.68. The SMILES string of the molecule is O=C(CCNC(=O)c1ccc(F)cc1F)Nc1cccc(-c2cnco2)c1. The average molecular weight is 371 g/mol. The van der Waals surface area contributed by atoms with Gasteiger partial charge < -0.3 is 15.1 Å². The van der Waals surface area contributed by atoms with E-state index in [0.29, 0.717) is 17.5 Å². The molecule has 6 nitrogen and oxygen atoms in total. The minimum atomic E-state index is -0.957. The number of nitrogens with one attached hydrogen (secondary N) is 2. The molecule has 2 N–H and O–H groups in total. The Morgan fingerprint density at radius 3 is 2.70 bits per heavy atom. The second kappa shape index (κ2) is 8.22. The minimum Gasteiger partial charge on any atom is -0.444 e. The lowest BCUT2D eigenvalue weighted by atomic mass is 10.1. The molecule has 0 radical (unpaired) electrons. The molecule has 1 aromatic heterocycles. The Labute approximate surface area is 153 Å². The minimum absolute atomic E-state index is 0.00325. The molecule has 8 heteroatoms. The van der Waals surface area contributed by atoms with Crippen molar-refractivity contribution >= 4 is 17.5 Å². The number of carbonyl (C=O) groups is 2. The highest BCUT2D eigenvalue weighted by molar-refractivity contribution is 5.95. The van der Waals surface area contributed by atoms with E-state index < -0.39 is 17.5 Å². The van der Waals surface area contributed by atoms with Gasteiger partial charge in [0, 0.05) is 30.3 Å². The first-order valence-electron chi connectivity index (χ1n) is 8.05. The van der Waals surface area contributed by atoms with Gasteiger partial charge in [0.15, 0.2) is 12.2 Å². The van der Waals surface area contributed by atoms with Crippen LogP contribution >= 0.6 is 0 Å². The van der Waals surface area contributed by atoms with Crippen molar-refractivity contribution in [1.29, 1.82) is 0 Å². The van der Waals surface area contributed by atoms with Crippen LogP contribution in [0.1, 0.15) is 16.8 Å². The van der Waals surface area contributed by atoms with E-state index in [1.807, 2.05) is 6.07 Å². The van der Waals surface area contributed by atoms with Crippen LogP contribution in [0.25, 0.3) is 11.3 Å². The summed E-state index contributed by atoms with van der Waals surface area (Å²) in [6.07, 6.45) is 2.86. The van der Waals surface area contributed by atoms with Crippen LogP contribution in [0.4, 0.5) is 14.5 Å². The van der Waals surface area contributed by atoms with Crippen molar-refractivity contribution in [2.45, 2.75) is 6.42 Å². The van der Waals surface area contributed by atoms with Crippen LogP contribution in [-0.2, 0) is 4.79 Å². The highest BCUT2D eigenvalue weighted by Gasteiger charge is 2.13. The van der Waals surface area contributed by atoms with Crippen molar-refractivity contribution in [3.05, 3.63) is 72.3 Å². The maximum Gasteiger partial charge on any atom is 0.254 e. The Kier molecular flexibility index (Phi) is 5.55. The lowest BCUT2D eigenvalue weighted by Crippen LogP contribution is -2.28. The van der Waals surface area contributed by atoms with Gasteiger partial charge in [0.05, 0.1) is 11.8 Å². The van der Waals surface area contributed by atoms with Crippen molar-refractivity contribution in [1.82, 2.24) is 10.3 Å². The number of benzene rings is 2. The molecule has 0 aliphatic rings. The fourth-order valence-electron chi connectivity index (χ4n) is 2.39. The van der Waals surface area contributed by atoms with E-state index in [9.17, 15) is 18.4 Å². The van der Waals surface area contributed by atoms with Gasteiger partial charge >= 0.3 is 0 Å². The largest absolute Gasteiger partial charge is 0.444 e. The van der Waals surface area contributed by atoms with Gasteiger partial charge in [-0.1, -0.05) is 12.1 Å². The van der Waals surface area contributed by atoms with E-state index in [4.69, 9.17) is 4.42 Å². The summed E-state index contributed by atoms with van der Waals surface area (Å²) in [6.45, 7) is 0.00325. The van der Waals surface area contributed by atoms with Crippen molar-refractivity contribution < 1.29 is 22.8 Å². The van der Waals surface area contributed by atoms with Crippen LogP contribution in [0.2, 0.25) is 0 Å². The molecule has 0 saturated carbocycles. The summed E-state index contributed by atoms with van der Waals surface area (Å²) in [5.74, 6) is -2.20. The summed E-state index contributed by atoms with van der Waals surface area (Å²) in [5.41, 5.74) is 1.03. The fourth-order valence-corrected chi connectivity index (χ4v) is 2.39. The number of nitrogens with zero attached hydrogens (tertiary/aromatic N) is 1. The molecule has 0 unspecified atom stereocenters. The zero-order valence-electron chi connectivity index (χ0n) is 14.0. The highest BCUT2D eigenvalue weighted by Crippen LogP contribution is 2.22. The van der Waals surface area contributed by atoms with Crippen LogP contribution in [0.5, 0.6) is 0 Å². The Balaban J connectivity index is 1.51. The zero-order chi connectivity index (χ0) is 19.2. The molecule has 27 heavy (non-hydrogen) atoms. The Morgan fingerprint density at radius 1 is 1.11 bits per heavy atom. The predicted molar refractivity (Wildman–Crippen MR) is 93.9 cm³/mol. The van der Waals surface area contributed by atoms with Gasteiger partial charge in [-0.05, 0) is 24.3 Å². The molecule has 0 aliphatic heterocycles. The highest BCUT2D eigenvalue weighted by atomic mass is 19.1. The molecule has 0 fully saturated rings. The number of carbonyl (C=O) groups excluding carboxylic acids is 2. The van der Waals surface area contributed by atoms with Crippen molar-refractivity contribution in [3.8, 4) is 11.3 Å². The summed E-state index contributed by atoms with van der Waals surface area (Å²) in [7, 11) is 0. The molecule has 3 aromatic rings. The number of amides is 2. The van der Waals surface area contributed by atoms with Crippen molar-refractivity contribution in [2.75, 3.05) is 11.9 Å². The van der Waals surface area contributed by atoms with Crippen LogP contribution in [0, 0.1) is 11.6 Å². The number of oxazole rings is 1. The number of hydrogen-bond acceptors (Lipinski definition) is 4. The zero-order valence-corrected chi connectivity index (χ0v) is 14.0. The normalized spacial score (nSPS) is 10.4. The van der Waals surface area contributed by atoms with Crippen LogP contribution < -0.4 is 10.6 Å². The van der Waals surface area contributed by atoms with E-state index >= 15 is 0 Å². The van der Waals surface area contributed by atoms with Gasteiger partial charge in [0.2, 0.25) is 5.91 Å². The number of rotatable bonds is 6. The maximum atomic E-state index is 13.5. The van der Waals surface area contributed by atoms with E-state index in [1.165, 1.54) is 6.39 Å². The van der Waals surface area contributed by atoms with Crippen LogP contribution in [0.3, 0.4) is 0 Å². The summed E-state index contributed by atoms with van der Waals surface area (Å²) in [4.78, 5) is 27.7. The van der Waals surface area contributed by atoms with Gasteiger partial charge in [-0.25, -0.2) is 13.8 Å². The summed E-state index contributed by atoms with van der Waals surface area (Å²) < 4.78 is 31.6. The predicted octanol–water partition coefficient (Wildman–Crippen LogP) is 3.38. The Hall–Kier alpha value is -3.55. The Bertz CT molecular complexity index is 959. The van der Waals surface area contributed by atoms with E-state index in [1.54, 1.807) is 24.4 Å². The van der Waals surface area contributed by atoms with Crippen molar-refractivity contribution in [2.24, 2.45) is 0 Å². The second-order valence-electron chi connectivity index (χ2n) is 5.62. The number of hydrogen-bond donors (Lipinski definition) is 2. The molecule has 138 valence electrons. The first kappa shape index (κ1) is 18.2. The molecule has 0 spiro atoms. The number of halogens is 2. The smallest absolute Gasteiger partial charge is 0.254 e. The van der Waals surface area contributed by atoms with Gasteiger partial charge in [-0.3, -0.25) is 9.59 Å². The fraction of sp³-hybridized carbons (Fsp3) is 0.105. The van der Waals surface area contributed by atoms with Gasteiger partial charge in [0.1, 0.15) is 11.6 Å². The molecule has 0 saturated heterocycles. The van der Waals surface area contributed by atoms with Gasteiger partial charge in [-0.2, -0.15) is 0 Å². The molecule has 2 aromatic carbocycles. The quantitative estimate of drug-likeness (QED) is 0.696. The molecular weight excluding hydrogens is 356 g/mol. The van der Waals surface area contributed by atoms with E-state index in [-0.39, 0.29) is 24.4 Å². The maximum absolute atomic E-state index is 13.5. The van der Waals surface area contributed by atoms with Gasteiger partial charge in [-0.15, -0.1) is 0 Å². The number of aromatic nitrogens is 1. The first-order valence-corrected chi connectivity index (χ1v) is 8.05. The van der Waals surface area contributed by atoms with E-state index in [2.05, 4.69) is 15.6 Å². The molecule has 0 aliphatic carbocycles. The molecular formula is C19H15F2N3O3. The third kappa shape index (κ3) is 4.75. The second-order valence-corrected chi connectivity index (χ2v) is 5.62. The summed E-state index contributed by atoms with van der Waals surface area (Å²) in [5, 5.41) is 5.12. The first-order chi connectivity index (χ1) is 13.0. The van der Waals surface area contributed by atoms with E-state index in [0.717, 1.165) is 17.7 Å². The monoisotopic (exact) mass is 371 g/mol. The summed E-state index contributed by atoms with van der Waals surface area (Å²) in [6, 6.07) is 9.68. The average Bonchev–Trinajstić information content (AvgIpc) is 3.16. The molecule has 2 amide bonds. The third-order valence-electron chi connectivity index (χ3n) is 3.68. The lowest BCUT2D eigenvalue weighted by molar-refractivity contribution is -0.116. The van der Waals surface area contributed by atoms with Crippen LogP contribution in [0.15, 0.2) is 59.5 Å². The lowest BCUT2D eigenvalue weighted by Gasteiger charge is -2.08. The standard InChI is InChI=1S/C19H15F2N3O3/c20-13-4-5-15(16(21)9-13)19(26)23-7-6-18(25)24-14-3-1-2-12(8-14)17-10-22-11-27-17/h1-5,8-11H,6-7H2,(H,23,26)(H,24,25). The summed E-state index contributed by atoms with van der Waals surface area (Å²) >= 11 is 0. The number of anilines is 1.